The second-order valence-electron chi connectivity index (χ2n) is 2.43. The fourth-order valence-electron chi connectivity index (χ4n) is 0.802. The van der Waals surface area contributed by atoms with Crippen molar-refractivity contribution in [3.8, 4) is 0 Å². The van der Waals surface area contributed by atoms with E-state index >= 15 is 0 Å². The van der Waals surface area contributed by atoms with Crippen LogP contribution in [0.15, 0.2) is 6.20 Å². The van der Waals surface area contributed by atoms with Crippen molar-refractivity contribution in [3.05, 3.63) is 6.20 Å². The highest BCUT2D eigenvalue weighted by Crippen LogP contribution is 2.18. The Labute approximate surface area is 79.1 Å². The summed E-state index contributed by atoms with van der Waals surface area (Å²) in [4.78, 5) is 0. The molecule has 62 valence electrons. The predicted octanol–water partition coefficient (Wildman–Crippen LogP) is 1.04. The van der Waals surface area contributed by atoms with Gasteiger partial charge in [-0.25, -0.2) is 4.68 Å². The van der Waals surface area contributed by atoms with Crippen LogP contribution in [0.4, 0.5) is 11.5 Å². The van der Waals surface area contributed by atoms with Gasteiger partial charge in [-0.3, -0.25) is 0 Å². The van der Waals surface area contributed by atoms with Crippen LogP contribution >= 0.6 is 22.6 Å². The maximum Gasteiger partial charge on any atom is 0.145 e. The van der Waals surface area contributed by atoms with E-state index in [0.717, 1.165) is 4.43 Å². The molecule has 0 radical (unpaired) electrons. The number of hydrogen-bond acceptors (Lipinski definition) is 3. The molecule has 0 aliphatic carbocycles. The van der Waals surface area contributed by atoms with Crippen molar-refractivity contribution < 1.29 is 0 Å². The second-order valence-corrected chi connectivity index (χ2v) is 3.31. The molecule has 1 heterocycles. The van der Waals surface area contributed by atoms with Gasteiger partial charge in [0, 0.05) is 4.43 Å². The average molecular weight is 266 g/mol. The zero-order valence-corrected chi connectivity index (χ0v) is 8.45. The molecule has 1 aromatic rings. The van der Waals surface area contributed by atoms with E-state index in [0.29, 0.717) is 17.5 Å². The van der Waals surface area contributed by atoms with Gasteiger partial charge in [-0.2, -0.15) is 5.10 Å². The van der Waals surface area contributed by atoms with Gasteiger partial charge in [0.25, 0.3) is 0 Å². The number of halogens is 1. The Balaban J connectivity index is 2.94. The molecular formula is C6H11IN4. The van der Waals surface area contributed by atoms with Crippen LogP contribution in [0.2, 0.25) is 0 Å². The molecule has 0 saturated carbocycles. The third-order valence-corrected chi connectivity index (χ3v) is 2.78. The monoisotopic (exact) mass is 266 g/mol. The van der Waals surface area contributed by atoms with Crippen molar-refractivity contribution in [1.82, 2.24) is 9.78 Å². The van der Waals surface area contributed by atoms with Crippen molar-refractivity contribution in [2.45, 2.75) is 13.0 Å². The number of nitrogens with zero attached hydrogens (tertiary/aromatic N) is 2. The van der Waals surface area contributed by atoms with Crippen LogP contribution in [-0.2, 0) is 0 Å². The Kier molecular flexibility index (Phi) is 2.58. The highest BCUT2D eigenvalue weighted by molar-refractivity contribution is 14.1. The molecule has 11 heavy (non-hydrogen) atoms. The standard InChI is InChI=1S/C6H11IN4/c1-4(2-7)11-6(9)5(8)3-10-11/h3-4H,2,8-9H2,1H3. The zero-order chi connectivity index (χ0) is 8.43. The van der Waals surface area contributed by atoms with Gasteiger partial charge in [0.1, 0.15) is 5.82 Å². The predicted molar refractivity (Wildman–Crippen MR) is 54.6 cm³/mol. The summed E-state index contributed by atoms with van der Waals surface area (Å²) in [6.45, 7) is 2.05. The quantitative estimate of drug-likeness (QED) is 0.620. The van der Waals surface area contributed by atoms with Crippen LogP contribution in [0.5, 0.6) is 0 Å². The van der Waals surface area contributed by atoms with Gasteiger partial charge in [-0.1, -0.05) is 22.6 Å². The first kappa shape index (κ1) is 8.63. The molecule has 1 unspecified atom stereocenters. The molecular weight excluding hydrogens is 255 g/mol. The van der Waals surface area contributed by atoms with Crippen LogP contribution in [0, 0.1) is 0 Å². The minimum absolute atomic E-state index is 0.313. The number of nitrogens with two attached hydrogens (primary N) is 2. The summed E-state index contributed by atoms with van der Waals surface area (Å²) in [5.41, 5.74) is 11.7. The molecule has 1 aromatic heterocycles. The van der Waals surface area contributed by atoms with Gasteiger partial charge in [0.2, 0.25) is 0 Å². The number of aromatic nitrogens is 2. The first-order valence-electron chi connectivity index (χ1n) is 3.31. The maximum atomic E-state index is 5.65. The molecule has 0 aliphatic rings. The number of anilines is 2. The van der Waals surface area contributed by atoms with Crippen LogP contribution in [0.3, 0.4) is 0 Å². The second kappa shape index (κ2) is 3.29. The molecule has 0 saturated heterocycles. The van der Waals surface area contributed by atoms with Gasteiger partial charge in [0.05, 0.1) is 17.9 Å². The molecule has 0 amide bonds. The van der Waals surface area contributed by atoms with E-state index in [1.807, 2.05) is 0 Å². The van der Waals surface area contributed by atoms with Gasteiger partial charge < -0.3 is 11.5 Å². The van der Waals surface area contributed by atoms with Crippen molar-refractivity contribution in [1.29, 1.82) is 0 Å². The highest BCUT2D eigenvalue weighted by atomic mass is 127. The molecule has 0 fully saturated rings. The van der Waals surface area contributed by atoms with Crippen molar-refractivity contribution in [3.63, 3.8) is 0 Å². The summed E-state index contributed by atoms with van der Waals surface area (Å²) in [5.74, 6) is 0.564. The first-order chi connectivity index (χ1) is 5.16. The van der Waals surface area contributed by atoms with E-state index in [9.17, 15) is 0 Å². The molecule has 1 atom stereocenters. The van der Waals surface area contributed by atoms with E-state index < -0.39 is 0 Å². The molecule has 0 bridgehead atoms. The highest BCUT2D eigenvalue weighted by Gasteiger charge is 2.08. The normalized spacial score (nSPS) is 13.3. The lowest BCUT2D eigenvalue weighted by atomic mass is 10.4. The van der Waals surface area contributed by atoms with E-state index in [1.54, 1.807) is 10.9 Å². The van der Waals surface area contributed by atoms with Gasteiger partial charge in [-0.15, -0.1) is 0 Å². The Bertz CT molecular complexity index is 245. The lowest BCUT2D eigenvalue weighted by molar-refractivity contribution is 0.554. The van der Waals surface area contributed by atoms with Crippen molar-refractivity contribution in [2.75, 3.05) is 15.9 Å². The lowest BCUT2D eigenvalue weighted by Crippen LogP contribution is -2.11. The fraction of sp³-hybridized carbons (Fsp3) is 0.500. The molecule has 4 nitrogen and oxygen atoms in total. The van der Waals surface area contributed by atoms with E-state index in [-0.39, 0.29) is 0 Å². The number of nitrogen functional groups attached to an aromatic ring is 2. The minimum Gasteiger partial charge on any atom is -0.394 e. The maximum absolute atomic E-state index is 5.65. The third-order valence-electron chi connectivity index (χ3n) is 1.50. The number of hydrogen-bond donors (Lipinski definition) is 2. The van der Waals surface area contributed by atoms with E-state index in [1.165, 1.54) is 0 Å². The molecule has 1 rings (SSSR count). The van der Waals surface area contributed by atoms with E-state index in [2.05, 4.69) is 34.6 Å². The summed E-state index contributed by atoms with van der Waals surface area (Å²) in [6, 6.07) is 0.313. The Morgan fingerprint density at radius 1 is 1.73 bits per heavy atom. The van der Waals surface area contributed by atoms with Crippen molar-refractivity contribution >= 4 is 34.1 Å². The zero-order valence-electron chi connectivity index (χ0n) is 6.29. The molecule has 0 spiro atoms. The van der Waals surface area contributed by atoms with Gasteiger partial charge >= 0.3 is 0 Å². The smallest absolute Gasteiger partial charge is 0.145 e. The summed E-state index contributed by atoms with van der Waals surface area (Å²) < 4.78 is 2.71. The Hall–Kier alpha value is -0.460. The molecule has 4 N–H and O–H groups in total. The number of alkyl halides is 1. The Morgan fingerprint density at radius 3 is 2.73 bits per heavy atom. The van der Waals surface area contributed by atoms with Gasteiger partial charge in [-0.05, 0) is 6.92 Å². The first-order valence-corrected chi connectivity index (χ1v) is 4.83. The summed E-state index contributed by atoms with van der Waals surface area (Å²) >= 11 is 2.29. The SMILES string of the molecule is CC(CI)n1ncc(N)c1N. The topological polar surface area (TPSA) is 69.9 Å². The summed E-state index contributed by atoms with van der Waals surface area (Å²) in [7, 11) is 0. The van der Waals surface area contributed by atoms with Gasteiger partial charge in [0.15, 0.2) is 0 Å². The largest absolute Gasteiger partial charge is 0.394 e. The number of rotatable bonds is 2. The molecule has 0 aliphatic heterocycles. The fourth-order valence-corrected chi connectivity index (χ4v) is 1.17. The van der Waals surface area contributed by atoms with E-state index in [4.69, 9.17) is 11.5 Å². The molecule has 0 aromatic carbocycles. The lowest BCUT2D eigenvalue weighted by Gasteiger charge is -2.09. The summed E-state index contributed by atoms with van der Waals surface area (Å²) in [6.07, 6.45) is 1.58. The van der Waals surface area contributed by atoms with Crippen LogP contribution in [-0.4, -0.2) is 14.2 Å². The van der Waals surface area contributed by atoms with Crippen molar-refractivity contribution in [2.24, 2.45) is 0 Å². The molecule has 5 heteroatoms. The third kappa shape index (κ3) is 1.58. The van der Waals surface area contributed by atoms with Crippen LogP contribution in [0.25, 0.3) is 0 Å². The van der Waals surface area contributed by atoms with Crippen LogP contribution in [0.1, 0.15) is 13.0 Å². The summed E-state index contributed by atoms with van der Waals surface area (Å²) in [5, 5.41) is 4.05. The Morgan fingerprint density at radius 2 is 2.36 bits per heavy atom. The van der Waals surface area contributed by atoms with Crippen LogP contribution < -0.4 is 11.5 Å². The average Bonchev–Trinajstić information content (AvgIpc) is 2.32. The minimum atomic E-state index is 0.313.